The van der Waals surface area contributed by atoms with Crippen molar-refractivity contribution in [3.63, 3.8) is 0 Å². The summed E-state index contributed by atoms with van der Waals surface area (Å²) in [6, 6.07) is 6.48. The molecular formula is C11H8ClNO2. The Kier molecular flexibility index (Phi) is 3.90. The number of nitrogens with zero attached hydrogens (tertiary/aromatic N) is 1. The molecule has 1 N–H and O–H groups in total. The van der Waals surface area contributed by atoms with E-state index in [2.05, 4.69) is 0 Å². The van der Waals surface area contributed by atoms with Crippen molar-refractivity contribution in [1.29, 1.82) is 5.26 Å². The van der Waals surface area contributed by atoms with Crippen molar-refractivity contribution in [3.8, 4) is 6.07 Å². The minimum absolute atomic E-state index is 0.138. The van der Waals surface area contributed by atoms with E-state index < -0.39 is 5.97 Å². The van der Waals surface area contributed by atoms with Gasteiger partial charge in [-0.1, -0.05) is 23.8 Å². The van der Waals surface area contributed by atoms with Gasteiger partial charge in [0.15, 0.2) is 0 Å². The van der Waals surface area contributed by atoms with E-state index in [0.29, 0.717) is 10.6 Å². The SMILES string of the molecule is N#CCC=Cc1cc(Cl)cc(C(=O)O)c1. The van der Waals surface area contributed by atoms with Crippen molar-refractivity contribution in [2.75, 3.05) is 0 Å². The number of carbonyl (C=O) groups is 1. The molecule has 0 aliphatic carbocycles. The third-order valence-corrected chi connectivity index (χ3v) is 1.90. The molecule has 0 saturated carbocycles. The van der Waals surface area contributed by atoms with Gasteiger partial charge in [-0.25, -0.2) is 4.79 Å². The molecule has 0 radical (unpaired) electrons. The molecule has 0 fully saturated rings. The second-order valence-electron chi connectivity index (χ2n) is 2.84. The van der Waals surface area contributed by atoms with Gasteiger partial charge in [-0.05, 0) is 23.8 Å². The number of nitriles is 1. The number of aromatic carboxylic acids is 1. The maximum absolute atomic E-state index is 10.7. The molecular weight excluding hydrogens is 214 g/mol. The predicted molar refractivity (Wildman–Crippen MR) is 57.7 cm³/mol. The van der Waals surface area contributed by atoms with Crippen LogP contribution < -0.4 is 0 Å². The van der Waals surface area contributed by atoms with Crippen LogP contribution in [0.1, 0.15) is 22.3 Å². The van der Waals surface area contributed by atoms with Crippen molar-refractivity contribution in [2.45, 2.75) is 6.42 Å². The van der Waals surface area contributed by atoms with Crippen molar-refractivity contribution >= 4 is 23.6 Å². The third kappa shape index (κ3) is 3.45. The van der Waals surface area contributed by atoms with Crippen LogP contribution in [0.15, 0.2) is 24.3 Å². The van der Waals surface area contributed by atoms with E-state index in [1.165, 1.54) is 12.1 Å². The molecule has 0 aliphatic heterocycles. The van der Waals surface area contributed by atoms with Gasteiger partial charge in [0, 0.05) is 5.02 Å². The Morgan fingerprint density at radius 2 is 2.27 bits per heavy atom. The molecule has 0 amide bonds. The zero-order valence-corrected chi connectivity index (χ0v) is 8.53. The second-order valence-corrected chi connectivity index (χ2v) is 3.28. The van der Waals surface area contributed by atoms with Gasteiger partial charge in [-0.15, -0.1) is 0 Å². The van der Waals surface area contributed by atoms with E-state index in [-0.39, 0.29) is 12.0 Å². The van der Waals surface area contributed by atoms with Crippen molar-refractivity contribution in [3.05, 3.63) is 40.4 Å². The summed E-state index contributed by atoms with van der Waals surface area (Å²) in [5.74, 6) is -1.02. The minimum Gasteiger partial charge on any atom is -0.478 e. The molecule has 1 rings (SSSR count). The molecule has 0 atom stereocenters. The zero-order valence-electron chi connectivity index (χ0n) is 7.77. The summed E-state index contributed by atoms with van der Waals surface area (Å²) in [5, 5.41) is 17.5. The van der Waals surface area contributed by atoms with Crippen LogP contribution in [0, 0.1) is 11.3 Å². The standard InChI is InChI=1S/C11H8ClNO2/c12-10-6-8(3-1-2-4-13)5-9(7-10)11(14)15/h1,3,5-7H,2H2,(H,14,15). The fourth-order valence-corrected chi connectivity index (χ4v) is 1.32. The number of hydrogen-bond acceptors (Lipinski definition) is 2. The maximum atomic E-state index is 10.7. The summed E-state index contributed by atoms with van der Waals surface area (Å²) in [6.07, 6.45) is 3.60. The second kappa shape index (κ2) is 5.18. The van der Waals surface area contributed by atoms with Crippen molar-refractivity contribution in [1.82, 2.24) is 0 Å². The summed E-state index contributed by atoms with van der Waals surface area (Å²) in [5.41, 5.74) is 0.814. The van der Waals surface area contributed by atoms with Gasteiger partial charge < -0.3 is 5.11 Å². The van der Waals surface area contributed by atoms with Crippen LogP contribution in [0.4, 0.5) is 0 Å². The Balaban J connectivity index is 3.00. The summed E-state index contributed by atoms with van der Waals surface area (Å²) < 4.78 is 0. The number of carboxylic acid groups (broad SMARTS) is 1. The first kappa shape index (κ1) is 11.3. The largest absolute Gasteiger partial charge is 0.478 e. The molecule has 0 heterocycles. The van der Waals surface area contributed by atoms with Gasteiger partial charge >= 0.3 is 5.97 Å². The molecule has 1 aromatic rings. The van der Waals surface area contributed by atoms with Gasteiger partial charge in [-0.2, -0.15) is 5.26 Å². The lowest BCUT2D eigenvalue weighted by Crippen LogP contribution is -1.96. The lowest BCUT2D eigenvalue weighted by atomic mass is 10.1. The highest BCUT2D eigenvalue weighted by Crippen LogP contribution is 2.16. The van der Waals surface area contributed by atoms with Gasteiger partial charge in [0.2, 0.25) is 0 Å². The molecule has 1 aromatic carbocycles. The maximum Gasteiger partial charge on any atom is 0.335 e. The summed E-state index contributed by atoms with van der Waals surface area (Å²) in [6.45, 7) is 0. The molecule has 0 spiro atoms. The fourth-order valence-electron chi connectivity index (χ4n) is 1.08. The smallest absolute Gasteiger partial charge is 0.335 e. The summed E-state index contributed by atoms with van der Waals surface area (Å²) >= 11 is 5.74. The lowest BCUT2D eigenvalue weighted by Gasteiger charge is -1.98. The van der Waals surface area contributed by atoms with Crippen LogP contribution >= 0.6 is 11.6 Å². The first-order chi connectivity index (χ1) is 7.13. The van der Waals surface area contributed by atoms with Crippen molar-refractivity contribution in [2.24, 2.45) is 0 Å². The highest BCUT2D eigenvalue weighted by Gasteiger charge is 2.04. The predicted octanol–water partition coefficient (Wildman–Crippen LogP) is 2.97. The number of allylic oxidation sites excluding steroid dienone is 1. The van der Waals surface area contributed by atoms with Crippen LogP contribution in [-0.2, 0) is 0 Å². The quantitative estimate of drug-likeness (QED) is 0.854. The first-order valence-electron chi connectivity index (χ1n) is 4.21. The van der Waals surface area contributed by atoms with Crippen LogP contribution in [0.5, 0.6) is 0 Å². The summed E-state index contributed by atoms with van der Waals surface area (Å²) in [7, 11) is 0. The molecule has 0 unspecified atom stereocenters. The Morgan fingerprint density at radius 3 is 2.87 bits per heavy atom. The first-order valence-corrected chi connectivity index (χ1v) is 4.58. The van der Waals surface area contributed by atoms with Crippen LogP contribution in [-0.4, -0.2) is 11.1 Å². The fraction of sp³-hybridized carbons (Fsp3) is 0.0909. The number of hydrogen-bond donors (Lipinski definition) is 1. The highest BCUT2D eigenvalue weighted by molar-refractivity contribution is 6.31. The Hall–Kier alpha value is -1.79. The average molecular weight is 222 g/mol. The normalized spacial score (nSPS) is 10.1. The Bertz CT molecular complexity index is 446. The average Bonchev–Trinajstić information content (AvgIpc) is 2.17. The van der Waals surface area contributed by atoms with Crippen LogP contribution in [0.25, 0.3) is 6.08 Å². The Morgan fingerprint density at radius 1 is 1.53 bits per heavy atom. The molecule has 76 valence electrons. The monoisotopic (exact) mass is 221 g/mol. The van der Waals surface area contributed by atoms with E-state index >= 15 is 0 Å². The molecule has 0 aliphatic rings. The molecule has 15 heavy (non-hydrogen) atoms. The number of rotatable bonds is 3. The van der Waals surface area contributed by atoms with E-state index in [4.69, 9.17) is 22.0 Å². The Labute approximate surface area is 92.2 Å². The van der Waals surface area contributed by atoms with E-state index in [1.807, 2.05) is 6.07 Å². The third-order valence-electron chi connectivity index (χ3n) is 1.69. The molecule has 0 aromatic heterocycles. The van der Waals surface area contributed by atoms with Crippen LogP contribution in [0.2, 0.25) is 5.02 Å². The van der Waals surface area contributed by atoms with Gasteiger partial charge in [0.1, 0.15) is 0 Å². The van der Waals surface area contributed by atoms with Gasteiger partial charge in [-0.3, -0.25) is 0 Å². The number of carboxylic acids is 1. The summed E-state index contributed by atoms with van der Waals surface area (Å²) in [4.78, 5) is 10.7. The van der Waals surface area contributed by atoms with E-state index in [0.717, 1.165) is 0 Å². The topological polar surface area (TPSA) is 61.1 Å². The number of benzene rings is 1. The van der Waals surface area contributed by atoms with E-state index in [9.17, 15) is 4.79 Å². The number of halogens is 1. The van der Waals surface area contributed by atoms with E-state index in [1.54, 1.807) is 18.2 Å². The molecule has 0 bridgehead atoms. The van der Waals surface area contributed by atoms with Crippen LogP contribution in [0.3, 0.4) is 0 Å². The molecule has 0 saturated heterocycles. The van der Waals surface area contributed by atoms with Gasteiger partial charge in [0.25, 0.3) is 0 Å². The van der Waals surface area contributed by atoms with Crippen molar-refractivity contribution < 1.29 is 9.90 Å². The van der Waals surface area contributed by atoms with Gasteiger partial charge in [0.05, 0.1) is 18.1 Å². The zero-order chi connectivity index (χ0) is 11.3. The minimum atomic E-state index is -1.02. The molecule has 4 heteroatoms. The highest BCUT2D eigenvalue weighted by atomic mass is 35.5. The lowest BCUT2D eigenvalue weighted by molar-refractivity contribution is 0.0697. The molecule has 3 nitrogen and oxygen atoms in total.